The van der Waals surface area contributed by atoms with E-state index < -0.39 is 5.67 Å². The van der Waals surface area contributed by atoms with Gasteiger partial charge in [0, 0.05) is 13.1 Å². The Morgan fingerprint density at radius 3 is 2.44 bits per heavy atom. The van der Waals surface area contributed by atoms with Gasteiger partial charge in [0.2, 0.25) is 0 Å². The van der Waals surface area contributed by atoms with Gasteiger partial charge in [-0.3, -0.25) is 0 Å². The molecule has 0 spiro atoms. The average molecular weight is 221 g/mol. The molecule has 1 aromatic rings. The molecule has 2 rings (SSSR count). The Morgan fingerprint density at radius 1 is 1.06 bits per heavy atom. The first-order valence-corrected chi connectivity index (χ1v) is 6.22. The van der Waals surface area contributed by atoms with Gasteiger partial charge in [0.1, 0.15) is 5.67 Å². The summed E-state index contributed by atoms with van der Waals surface area (Å²) in [5, 5.41) is 3.24. The van der Waals surface area contributed by atoms with E-state index in [1.807, 2.05) is 18.2 Å². The van der Waals surface area contributed by atoms with Crippen LogP contribution in [-0.2, 0) is 6.54 Å². The van der Waals surface area contributed by atoms with E-state index in [1.165, 1.54) is 12.0 Å². The van der Waals surface area contributed by atoms with Crippen LogP contribution in [0.25, 0.3) is 0 Å². The molecule has 88 valence electrons. The SMILES string of the molecule is FC1(CNCc2ccccc2)CCCCC1. The predicted molar refractivity (Wildman–Crippen MR) is 65.1 cm³/mol. The molecule has 1 aliphatic rings. The molecule has 1 aromatic carbocycles. The Kier molecular flexibility index (Phi) is 3.94. The fourth-order valence-electron chi connectivity index (χ4n) is 2.39. The lowest BCUT2D eigenvalue weighted by Gasteiger charge is -2.29. The second-order valence-corrected chi connectivity index (χ2v) is 4.80. The summed E-state index contributed by atoms with van der Waals surface area (Å²) in [6.07, 6.45) is 4.75. The molecule has 2 heteroatoms. The van der Waals surface area contributed by atoms with Gasteiger partial charge in [-0.15, -0.1) is 0 Å². The van der Waals surface area contributed by atoms with Crippen molar-refractivity contribution in [2.45, 2.75) is 44.3 Å². The number of nitrogens with one attached hydrogen (secondary N) is 1. The highest BCUT2D eigenvalue weighted by atomic mass is 19.1. The van der Waals surface area contributed by atoms with Gasteiger partial charge in [-0.1, -0.05) is 49.6 Å². The number of alkyl halides is 1. The molecule has 0 unspecified atom stereocenters. The van der Waals surface area contributed by atoms with E-state index in [9.17, 15) is 4.39 Å². The molecule has 1 N–H and O–H groups in total. The van der Waals surface area contributed by atoms with E-state index in [0.717, 1.165) is 32.2 Å². The van der Waals surface area contributed by atoms with E-state index in [4.69, 9.17) is 0 Å². The van der Waals surface area contributed by atoms with Gasteiger partial charge >= 0.3 is 0 Å². The molecular weight excluding hydrogens is 201 g/mol. The second-order valence-electron chi connectivity index (χ2n) is 4.80. The van der Waals surface area contributed by atoms with Gasteiger partial charge in [0.25, 0.3) is 0 Å². The van der Waals surface area contributed by atoms with Gasteiger partial charge in [0.05, 0.1) is 0 Å². The number of benzene rings is 1. The van der Waals surface area contributed by atoms with Crippen LogP contribution in [0.5, 0.6) is 0 Å². The molecule has 0 saturated heterocycles. The van der Waals surface area contributed by atoms with Crippen LogP contribution in [0.1, 0.15) is 37.7 Å². The Morgan fingerprint density at radius 2 is 1.75 bits per heavy atom. The minimum absolute atomic E-state index is 0.502. The number of hydrogen-bond donors (Lipinski definition) is 1. The lowest BCUT2D eigenvalue weighted by molar-refractivity contribution is 0.105. The summed E-state index contributed by atoms with van der Waals surface area (Å²) in [4.78, 5) is 0. The van der Waals surface area contributed by atoms with E-state index in [-0.39, 0.29) is 0 Å². The highest BCUT2D eigenvalue weighted by Crippen LogP contribution is 2.31. The standard InChI is InChI=1S/C14H20FN/c15-14(9-5-2-6-10-14)12-16-11-13-7-3-1-4-8-13/h1,3-4,7-8,16H,2,5-6,9-12H2. The molecule has 1 fully saturated rings. The summed E-state index contributed by atoms with van der Waals surface area (Å²) < 4.78 is 14.2. The third-order valence-corrected chi connectivity index (χ3v) is 3.36. The first-order chi connectivity index (χ1) is 7.79. The van der Waals surface area contributed by atoms with Crippen LogP contribution in [0.3, 0.4) is 0 Å². The predicted octanol–water partition coefficient (Wildman–Crippen LogP) is 3.45. The summed E-state index contributed by atoms with van der Waals surface area (Å²) >= 11 is 0. The quantitative estimate of drug-likeness (QED) is 0.821. The first-order valence-electron chi connectivity index (χ1n) is 6.22. The fraction of sp³-hybridized carbons (Fsp3) is 0.571. The van der Waals surface area contributed by atoms with E-state index in [0.29, 0.717) is 6.54 Å². The van der Waals surface area contributed by atoms with Crippen LogP contribution in [-0.4, -0.2) is 12.2 Å². The number of hydrogen-bond acceptors (Lipinski definition) is 1. The monoisotopic (exact) mass is 221 g/mol. The second kappa shape index (κ2) is 5.44. The van der Waals surface area contributed by atoms with Crippen LogP contribution < -0.4 is 5.32 Å². The molecule has 0 aliphatic heterocycles. The highest BCUT2D eigenvalue weighted by molar-refractivity contribution is 5.14. The van der Waals surface area contributed by atoms with E-state index in [1.54, 1.807) is 0 Å². The van der Waals surface area contributed by atoms with Gasteiger partial charge in [-0.25, -0.2) is 4.39 Å². The molecule has 1 saturated carbocycles. The minimum Gasteiger partial charge on any atom is -0.309 e. The molecule has 0 heterocycles. The number of rotatable bonds is 4. The zero-order valence-corrected chi connectivity index (χ0v) is 9.71. The van der Waals surface area contributed by atoms with Crippen LogP contribution in [0, 0.1) is 0 Å². The van der Waals surface area contributed by atoms with Gasteiger partial charge in [-0.05, 0) is 18.4 Å². The lowest BCUT2D eigenvalue weighted by atomic mass is 9.86. The van der Waals surface area contributed by atoms with Crippen molar-refractivity contribution in [2.75, 3.05) is 6.54 Å². The maximum Gasteiger partial charge on any atom is 0.123 e. The van der Waals surface area contributed by atoms with Crippen molar-refractivity contribution in [1.29, 1.82) is 0 Å². The zero-order chi connectivity index (χ0) is 11.3. The van der Waals surface area contributed by atoms with Gasteiger partial charge in [0.15, 0.2) is 0 Å². The molecule has 0 aromatic heterocycles. The van der Waals surface area contributed by atoms with Crippen molar-refractivity contribution in [1.82, 2.24) is 5.32 Å². The third-order valence-electron chi connectivity index (χ3n) is 3.36. The fourth-order valence-corrected chi connectivity index (χ4v) is 2.39. The van der Waals surface area contributed by atoms with Gasteiger partial charge < -0.3 is 5.32 Å². The first kappa shape index (κ1) is 11.6. The Labute approximate surface area is 97.1 Å². The van der Waals surface area contributed by atoms with Crippen LogP contribution in [0.4, 0.5) is 4.39 Å². The molecule has 0 radical (unpaired) electrons. The molecule has 0 bridgehead atoms. The van der Waals surface area contributed by atoms with Crippen LogP contribution in [0.15, 0.2) is 30.3 Å². The normalized spacial score (nSPS) is 19.6. The molecule has 1 aliphatic carbocycles. The van der Waals surface area contributed by atoms with Gasteiger partial charge in [-0.2, -0.15) is 0 Å². The maximum absolute atomic E-state index is 14.2. The molecule has 0 atom stereocenters. The summed E-state index contributed by atoms with van der Waals surface area (Å²) in [5.74, 6) is 0. The maximum atomic E-state index is 14.2. The van der Waals surface area contributed by atoms with Crippen molar-refractivity contribution in [3.8, 4) is 0 Å². The van der Waals surface area contributed by atoms with Crippen LogP contribution in [0.2, 0.25) is 0 Å². The van der Waals surface area contributed by atoms with E-state index in [2.05, 4.69) is 17.4 Å². The molecule has 16 heavy (non-hydrogen) atoms. The Hall–Kier alpha value is -0.890. The Balaban J connectivity index is 1.75. The highest BCUT2D eigenvalue weighted by Gasteiger charge is 2.30. The summed E-state index contributed by atoms with van der Waals surface area (Å²) in [5.41, 5.74) is 0.273. The largest absolute Gasteiger partial charge is 0.309 e. The average Bonchev–Trinajstić information content (AvgIpc) is 2.31. The van der Waals surface area contributed by atoms with Crippen LogP contribution >= 0.6 is 0 Å². The van der Waals surface area contributed by atoms with Crippen molar-refractivity contribution in [3.05, 3.63) is 35.9 Å². The summed E-state index contributed by atoms with van der Waals surface area (Å²) in [6, 6.07) is 10.2. The van der Waals surface area contributed by atoms with Crippen molar-refractivity contribution < 1.29 is 4.39 Å². The molecule has 0 amide bonds. The zero-order valence-electron chi connectivity index (χ0n) is 9.71. The summed E-state index contributed by atoms with van der Waals surface area (Å²) in [6.45, 7) is 1.27. The lowest BCUT2D eigenvalue weighted by Crippen LogP contribution is -2.38. The van der Waals surface area contributed by atoms with Crippen molar-refractivity contribution in [3.63, 3.8) is 0 Å². The van der Waals surface area contributed by atoms with E-state index >= 15 is 0 Å². The number of halogens is 1. The minimum atomic E-state index is -0.951. The smallest absolute Gasteiger partial charge is 0.123 e. The Bertz CT molecular complexity index is 304. The topological polar surface area (TPSA) is 12.0 Å². The molecular formula is C14H20FN. The van der Waals surface area contributed by atoms with Crippen molar-refractivity contribution in [2.24, 2.45) is 0 Å². The third kappa shape index (κ3) is 3.31. The van der Waals surface area contributed by atoms with Crippen molar-refractivity contribution >= 4 is 0 Å². The molecule has 1 nitrogen and oxygen atoms in total. The summed E-state index contributed by atoms with van der Waals surface area (Å²) in [7, 11) is 0.